The van der Waals surface area contributed by atoms with Crippen LogP contribution in [0.15, 0.2) is 0 Å². The second-order valence-electron chi connectivity index (χ2n) is 4.42. The molecule has 1 saturated carbocycles. The fourth-order valence-corrected chi connectivity index (χ4v) is 1.81. The van der Waals surface area contributed by atoms with Crippen LogP contribution >= 0.6 is 0 Å². The van der Waals surface area contributed by atoms with Crippen molar-refractivity contribution in [2.75, 3.05) is 19.6 Å². The first kappa shape index (κ1) is 12.5. The van der Waals surface area contributed by atoms with E-state index in [1.807, 2.05) is 0 Å². The predicted molar refractivity (Wildman–Crippen MR) is 61.0 cm³/mol. The Morgan fingerprint density at radius 3 is 2.73 bits per heavy atom. The lowest BCUT2D eigenvalue weighted by Crippen LogP contribution is -2.32. The van der Waals surface area contributed by atoms with Crippen LogP contribution in [0.2, 0.25) is 0 Å². The highest BCUT2D eigenvalue weighted by Crippen LogP contribution is 2.29. The Kier molecular flexibility index (Phi) is 5.65. The van der Waals surface area contributed by atoms with Gasteiger partial charge < -0.3 is 4.90 Å². The molecule has 1 rings (SSSR count). The number of hydrazine groups is 1. The van der Waals surface area contributed by atoms with Gasteiger partial charge in [0.15, 0.2) is 0 Å². The molecule has 0 radical (unpaired) electrons. The lowest BCUT2D eigenvalue weighted by molar-refractivity contribution is -0.121. The van der Waals surface area contributed by atoms with Crippen molar-refractivity contribution in [2.45, 2.75) is 39.0 Å². The van der Waals surface area contributed by atoms with E-state index in [9.17, 15) is 4.79 Å². The predicted octanol–water partition coefficient (Wildman–Crippen LogP) is 0.879. The second-order valence-corrected chi connectivity index (χ2v) is 4.42. The van der Waals surface area contributed by atoms with Crippen LogP contribution < -0.4 is 11.3 Å². The molecule has 88 valence electrons. The number of carbonyl (C=O) groups excluding carboxylic acids is 1. The van der Waals surface area contributed by atoms with Crippen molar-refractivity contribution < 1.29 is 4.79 Å². The highest BCUT2D eigenvalue weighted by atomic mass is 16.2. The molecule has 0 atom stereocenters. The fraction of sp³-hybridized carbons (Fsp3) is 0.909. The quantitative estimate of drug-likeness (QED) is 0.357. The molecule has 0 aliphatic heterocycles. The maximum absolute atomic E-state index is 10.9. The summed E-state index contributed by atoms with van der Waals surface area (Å²) in [6.07, 6.45) is 5.43. The monoisotopic (exact) mass is 213 g/mol. The summed E-state index contributed by atoms with van der Waals surface area (Å²) in [7, 11) is 0. The summed E-state index contributed by atoms with van der Waals surface area (Å²) in [5, 5.41) is 0. The van der Waals surface area contributed by atoms with Gasteiger partial charge in [0, 0.05) is 13.0 Å². The topological polar surface area (TPSA) is 58.4 Å². The summed E-state index contributed by atoms with van der Waals surface area (Å²) < 4.78 is 0. The van der Waals surface area contributed by atoms with Gasteiger partial charge in [0.25, 0.3) is 0 Å². The number of hydrogen-bond acceptors (Lipinski definition) is 3. The van der Waals surface area contributed by atoms with Gasteiger partial charge in [-0.15, -0.1) is 0 Å². The van der Waals surface area contributed by atoms with E-state index in [1.54, 1.807) is 0 Å². The molecule has 0 aromatic heterocycles. The third-order valence-corrected chi connectivity index (χ3v) is 2.79. The van der Waals surface area contributed by atoms with Gasteiger partial charge in [-0.3, -0.25) is 10.2 Å². The normalized spacial score (nSPS) is 15.7. The van der Waals surface area contributed by atoms with E-state index >= 15 is 0 Å². The van der Waals surface area contributed by atoms with Crippen molar-refractivity contribution in [1.82, 2.24) is 10.3 Å². The van der Waals surface area contributed by atoms with E-state index in [2.05, 4.69) is 17.2 Å². The minimum Gasteiger partial charge on any atom is -0.303 e. The zero-order valence-corrected chi connectivity index (χ0v) is 9.67. The van der Waals surface area contributed by atoms with E-state index in [-0.39, 0.29) is 5.91 Å². The smallest absolute Gasteiger partial charge is 0.233 e. The Morgan fingerprint density at radius 1 is 1.47 bits per heavy atom. The second kappa shape index (κ2) is 6.80. The van der Waals surface area contributed by atoms with Crippen molar-refractivity contribution in [2.24, 2.45) is 11.8 Å². The first-order valence-electron chi connectivity index (χ1n) is 5.98. The van der Waals surface area contributed by atoms with Gasteiger partial charge in [0.2, 0.25) is 5.91 Å². The highest BCUT2D eigenvalue weighted by molar-refractivity contribution is 5.75. The Balaban J connectivity index is 2.09. The molecule has 1 aliphatic rings. The molecule has 1 fully saturated rings. The minimum absolute atomic E-state index is 0.0575. The Labute approximate surface area is 92.2 Å². The van der Waals surface area contributed by atoms with Gasteiger partial charge in [-0.25, -0.2) is 5.84 Å². The fourth-order valence-electron chi connectivity index (χ4n) is 1.81. The molecule has 0 saturated heterocycles. The molecule has 0 aromatic rings. The summed E-state index contributed by atoms with van der Waals surface area (Å²) in [4.78, 5) is 13.4. The van der Waals surface area contributed by atoms with Crippen molar-refractivity contribution in [3.05, 3.63) is 0 Å². The molecule has 0 unspecified atom stereocenters. The van der Waals surface area contributed by atoms with Gasteiger partial charge in [0.1, 0.15) is 0 Å². The van der Waals surface area contributed by atoms with Crippen molar-refractivity contribution in [3.63, 3.8) is 0 Å². The summed E-state index contributed by atoms with van der Waals surface area (Å²) in [5.74, 6) is 5.90. The number of amides is 1. The van der Waals surface area contributed by atoms with Crippen molar-refractivity contribution >= 4 is 5.91 Å². The number of hydrogen-bond donors (Lipinski definition) is 2. The summed E-state index contributed by atoms with van der Waals surface area (Å²) >= 11 is 0. The molecule has 3 N–H and O–H groups in total. The average molecular weight is 213 g/mol. The molecular weight excluding hydrogens is 190 g/mol. The zero-order chi connectivity index (χ0) is 11.1. The van der Waals surface area contributed by atoms with Gasteiger partial charge in [-0.2, -0.15) is 0 Å². The molecule has 0 aromatic carbocycles. The molecule has 1 amide bonds. The summed E-state index contributed by atoms with van der Waals surface area (Å²) in [6, 6.07) is 0. The Morgan fingerprint density at radius 2 is 2.20 bits per heavy atom. The molecular formula is C11H23N3O. The number of nitrogens with one attached hydrogen (secondary N) is 1. The van der Waals surface area contributed by atoms with Gasteiger partial charge in [0.05, 0.1) is 0 Å². The van der Waals surface area contributed by atoms with Crippen LogP contribution in [0.3, 0.4) is 0 Å². The van der Waals surface area contributed by atoms with Crippen LogP contribution in [0.25, 0.3) is 0 Å². The van der Waals surface area contributed by atoms with Crippen LogP contribution in [0.1, 0.15) is 39.0 Å². The largest absolute Gasteiger partial charge is 0.303 e. The molecule has 15 heavy (non-hydrogen) atoms. The third kappa shape index (κ3) is 5.74. The Bertz CT molecular complexity index is 192. The first-order chi connectivity index (χ1) is 7.26. The minimum atomic E-state index is -0.0575. The maximum atomic E-state index is 10.9. The van der Waals surface area contributed by atoms with Gasteiger partial charge in [-0.1, -0.05) is 6.92 Å². The SMILES string of the molecule is CCCN(CCCC(=O)NN)CC1CC1. The lowest BCUT2D eigenvalue weighted by atomic mass is 10.2. The lowest BCUT2D eigenvalue weighted by Gasteiger charge is -2.21. The average Bonchev–Trinajstić information content (AvgIpc) is 3.01. The zero-order valence-electron chi connectivity index (χ0n) is 9.67. The third-order valence-electron chi connectivity index (χ3n) is 2.79. The van der Waals surface area contributed by atoms with Crippen LogP contribution in [0, 0.1) is 5.92 Å². The molecule has 1 aliphatic carbocycles. The van der Waals surface area contributed by atoms with Crippen LogP contribution in [-0.4, -0.2) is 30.4 Å². The van der Waals surface area contributed by atoms with Crippen molar-refractivity contribution in [1.29, 1.82) is 0 Å². The Hall–Kier alpha value is -0.610. The molecule has 4 heteroatoms. The van der Waals surface area contributed by atoms with E-state index in [1.165, 1.54) is 25.8 Å². The summed E-state index contributed by atoms with van der Waals surface area (Å²) in [6.45, 7) is 5.60. The van der Waals surface area contributed by atoms with E-state index in [4.69, 9.17) is 5.84 Å². The number of carbonyl (C=O) groups is 1. The van der Waals surface area contributed by atoms with E-state index in [0.29, 0.717) is 6.42 Å². The molecule has 0 heterocycles. The van der Waals surface area contributed by atoms with Crippen LogP contribution in [-0.2, 0) is 4.79 Å². The summed E-state index contributed by atoms with van der Waals surface area (Å²) in [5.41, 5.74) is 2.17. The number of rotatable bonds is 8. The first-order valence-corrected chi connectivity index (χ1v) is 5.98. The maximum Gasteiger partial charge on any atom is 0.233 e. The number of nitrogens with zero attached hydrogens (tertiary/aromatic N) is 1. The van der Waals surface area contributed by atoms with Crippen LogP contribution in [0.5, 0.6) is 0 Å². The standard InChI is InChI=1S/C11H23N3O/c1-2-7-14(9-10-5-6-10)8-3-4-11(15)13-12/h10H,2-9,12H2,1H3,(H,13,15). The van der Waals surface area contributed by atoms with Crippen LogP contribution in [0.4, 0.5) is 0 Å². The van der Waals surface area contributed by atoms with E-state index in [0.717, 1.165) is 25.4 Å². The van der Waals surface area contributed by atoms with Gasteiger partial charge >= 0.3 is 0 Å². The van der Waals surface area contributed by atoms with Gasteiger partial charge in [-0.05, 0) is 44.7 Å². The molecule has 4 nitrogen and oxygen atoms in total. The molecule has 0 spiro atoms. The van der Waals surface area contributed by atoms with E-state index < -0.39 is 0 Å². The van der Waals surface area contributed by atoms with Crippen molar-refractivity contribution in [3.8, 4) is 0 Å². The number of nitrogens with two attached hydrogens (primary N) is 1. The molecule has 0 bridgehead atoms. The highest BCUT2D eigenvalue weighted by Gasteiger charge is 2.23.